The predicted molar refractivity (Wildman–Crippen MR) is 116 cm³/mol. The second kappa shape index (κ2) is 8.26. The number of Topliss-reactive ketones (excluding diaryl/α,β-unsaturated/α-hetero) is 1. The number of rotatable bonds is 4. The fraction of sp³-hybridized carbons (Fsp3) is 0.346. The molecule has 1 fully saturated rings. The Bertz CT molecular complexity index is 1090. The number of carbonyl (C=O) groups excluding carboxylic acids is 3. The van der Waals surface area contributed by atoms with Crippen LogP contribution in [0.25, 0.3) is 0 Å². The largest absolute Gasteiger partial charge is 0.483 e. The van der Waals surface area contributed by atoms with Crippen molar-refractivity contribution >= 4 is 17.7 Å². The number of fused-ring (bicyclic) bond motifs is 1. The minimum atomic E-state index is -0.542. The second-order valence-corrected chi connectivity index (χ2v) is 8.59. The summed E-state index contributed by atoms with van der Waals surface area (Å²) < 4.78 is 11.0. The molecule has 6 nitrogen and oxygen atoms in total. The number of amides is 1. The molecule has 2 aromatic rings. The van der Waals surface area contributed by atoms with Gasteiger partial charge in [0.1, 0.15) is 6.10 Å². The van der Waals surface area contributed by atoms with Crippen LogP contribution in [-0.2, 0) is 25.6 Å². The Labute approximate surface area is 186 Å². The number of hydrogen-bond acceptors (Lipinski definition) is 5. The highest BCUT2D eigenvalue weighted by Gasteiger charge is 2.51. The summed E-state index contributed by atoms with van der Waals surface area (Å²) in [5, 5.41) is 0. The van der Waals surface area contributed by atoms with Crippen LogP contribution in [0.3, 0.4) is 0 Å². The standard InChI is InChI=1S/C26H25NO5/c1-31-26(30)18-13-11-17(12-14-18)22-21-23(28)19-9-5-6-10-20(19)32-24(21)25(29)27(22)15-16-7-3-2-4-8-16/h2-4,7-8,11-14,19-20,22H,5-6,9-10,15H2,1H3. The van der Waals surface area contributed by atoms with E-state index in [2.05, 4.69) is 0 Å². The van der Waals surface area contributed by atoms with Crippen LogP contribution in [0.5, 0.6) is 0 Å². The van der Waals surface area contributed by atoms with Crippen molar-refractivity contribution in [3.05, 3.63) is 82.6 Å². The molecule has 2 aliphatic heterocycles. The number of nitrogens with zero attached hydrogens (tertiary/aromatic N) is 1. The summed E-state index contributed by atoms with van der Waals surface area (Å²) in [6.45, 7) is 0.363. The Morgan fingerprint density at radius 2 is 1.75 bits per heavy atom. The molecule has 6 heteroatoms. The van der Waals surface area contributed by atoms with Gasteiger partial charge in [-0.05, 0) is 42.5 Å². The number of esters is 1. The highest BCUT2D eigenvalue weighted by molar-refractivity contribution is 6.11. The molecule has 2 heterocycles. The van der Waals surface area contributed by atoms with Gasteiger partial charge in [0.05, 0.1) is 30.2 Å². The zero-order valence-corrected chi connectivity index (χ0v) is 18.0. The van der Waals surface area contributed by atoms with Gasteiger partial charge in [0, 0.05) is 6.54 Å². The van der Waals surface area contributed by atoms with Crippen molar-refractivity contribution in [2.24, 2.45) is 5.92 Å². The van der Waals surface area contributed by atoms with Gasteiger partial charge in [-0.1, -0.05) is 48.9 Å². The van der Waals surface area contributed by atoms with Crippen LogP contribution in [0.15, 0.2) is 65.9 Å². The third kappa shape index (κ3) is 3.40. The molecule has 3 atom stereocenters. The molecule has 1 amide bonds. The first kappa shape index (κ1) is 20.5. The maximum atomic E-state index is 13.6. The molecule has 0 spiro atoms. The van der Waals surface area contributed by atoms with Crippen molar-refractivity contribution in [3.8, 4) is 0 Å². The van der Waals surface area contributed by atoms with E-state index in [9.17, 15) is 14.4 Å². The normalized spacial score (nSPS) is 24.7. The molecule has 32 heavy (non-hydrogen) atoms. The van der Waals surface area contributed by atoms with Gasteiger partial charge in [-0.3, -0.25) is 9.59 Å². The van der Waals surface area contributed by atoms with E-state index in [-0.39, 0.29) is 29.5 Å². The fourth-order valence-corrected chi connectivity index (χ4v) is 5.10. The molecule has 1 saturated carbocycles. The van der Waals surface area contributed by atoms with Crippen LogP contribution in [0.4, 0.5) is 0 Å². The Morgan fingerprint density at radius 1 is 1.03 bits per heavy atom. The summed E-state index contributed by atoms with van der Waals surface area (Å²) in [5.41, 5.74) is 2.63. The van der Waals surface area contributed by atoms with Crippen molar-refractivity contribution in [3.63, 3.8) is 0 Å². The van der Waals surface area contributed by atoms with E-state index in [4.69, 9.17) is 9.47 Å². The number of hydrogen-bond donors (Lipinski definition) is 0. The quantitative estimate of drug-likeness (QED) is 0.685. The maximum Gasteiger partial charge on any atom is 0.337 e. The molecule has 164 valence electrons. The van der Waals surface area contributed by atoms with Crippen LogP contribution in [-0.4, -0.2) is 35.8 Å². The van der Waals surface area contributed by atoms with Gasteiger partial charge < -0.3 is 14.4 Å². The van der Waals surface area contributed by atoms with E-state index < -0.39 is 12.0 Å². The van der Waals surface area contributed by atoms with Crippen molar-refractivity contribution in [2.75, 3.05) is 7.11 Å². The Balaban J connectivity index is 1.56. The fourth-order valence-electron chi connectivity index (χ4n) is 5.10. The van der Waals surface area contributed by atoms with E-state index in [1.165, 1.54) is 7.11 Å². The van der Waals surface area contributed by atoms with Gasteiger partial charge in [-0.2, -0.15) is 0 Å². The van der Waals surface area contributed by atoms with Crippen LogP contribution < -0.4 is 0 Å². The van der Waals surface area contributed by atoms with E-state index in [0.29, 0.717) is 17.7 Å². The zero-order chi connectivity index (χ0) is 22.2. The monoisotopic (exact) mass is 431 g/mol. The summed E-state index contributed by atoms with van der Waals surface area (Å²) in [5.74, 6) is -0.632. The van der Waals surface area contributed by atoms with Gasteiger partial charge in [-0.25, -0.2) is 4.79 Å². The molecule has 0 saturated heterocycles. The Morgan fingerprint density at radius 3 is 2.47 bits per heavy atom. The molecule has 0 N–H and O–H groups in total. The molecule has 5 rings (SSSR count). The third-order valence-corrected chi connectivity index (χ3v) is 6.70. The molecule has 3 aliphatic rings. The molecule has 0 radical (unpaired) electrons. The SMILES string of the molecule is COC(=O)c1ccc(C2C3=C(OC4CCCCC4C3=O)C(=O)N2Cc2ccccc2)cc1. The Hall–Kier alpha value is -3.41. The molecular formula is C26H25NO5. The van der Waals surface area contributed by atoms with Crippen LogP contribution in [0.2, 0.25) is 0 Å². The van der Waals surface area contributed by atoms with Crippen molar-refractivity contribution in [2.45, 2.75) is 44.4 Å². The topological polar surface area (TPSA) is 72.9 Å². The third-order valence-electron chi connectivity index (χ3n) is 6.70. The first-order chi connectivity index (χ1) is 15.6. The van der Waals surface area contributed by atoms with Crippen LogP contribution in [0.1, 0.15) is 53.2 Å². The first-order valence-corrected chi connectivity index (χ1v) is 11.1. The summed E-state index contributed by atoms with van der Waals surface area (Å²) in [4.78, 5) is 40.7. The van der Waals surface area contributed by atoms with Crippen molar-refractivity contribution in [1.82, 2.24) is 4.90 Å². The molecule has 2 aromatic carbocycles. The highest BCUT2D eigenvalue weighted by Crippen LogP contribution is 2.47. The van der Waals surface area contributed by atoms with Crippen molar-refractivity contribution in [1.29, 1.82) is 0 Å². The molecule has 0 bridgehead atoms. The minimum absolute atomic E-state index is 0.0295. The molecule has 3 unspecified atom stereocenters. The smallest absolute Gasteiger partial charge is 0.337 e. The summed E-state index contributed by atoms with van der Waals surface area (Å²) >= 11 is 0. The van der Waals surface area contributed by atoms with E-state index in [1.807, 2.05) is 30.3 Å². The average Bonchev–Trinajstić information content (AvgIpc) is 3.11. The number of carbonyl (C=O) groups is 3. The molecule has 1 aliphatic carbocycles. The van der Waals surface area contributed by atoms with Crippen LogP contribution in [0, 0.1) is 5.92 Å². The summed E-state index contributed by atoms with van der Waals surface area (Å²) in [7, 11) is 1.34. The molecule has 0 aromatic heterocycles. The minimum Gasteiger partial charge on any atom is -0.483 e. The number of methoxy groups -OCH3 is 1. The lowest BCUT2D eigenvalue weighted by molar-refractivity contribution is -0.135. The second-order valence-electron chi connectivity index (χ2n) is 8.59. The number of ketones is 1. The van der Waals surface area contributed by atoms with Gasteiger partial charge in [0.2, 0.25) is 0 Å². The maximum absolute atomic E-state index is 13.6. The number of ether oxygens (including phenoxy) is 2. The zero-order valence-electron chi connectivity index (χ0n) is 18.0. The lowest BCUT2D eigenvalue weighted by Crippen LogP contribution is -2.39. The van der Waals surface area contributed by atoms with E-state index >= 15 is 0 Å². The van der Waals surface area contributed by atoms with Gasteiger partial charge in [0.25, 0.3) is 5.91 Å². The van der Waals surface area contributed by atoms with Gasteiger partial charge in [0.15, 0.2) is 11.5 Å². The van der Waals surface area contributed by atoms with E-state index in [1.54, 1.807) is 29.2 Å². The Kier molecular flexibility index (Phi) is 5.29. The summed E-state index contributed by atoms with van der Waals surface area (Å²) in [6.07, 6.45) is 3.40. The van der Waals surface area contributed by atoms with Crippen LogP contribution >= 0.6 is 0 Å². The van der Waals surface area contributed by atoms with E-state index in [0.717, 1.165) is 36.8 Å². The summed E-state index contributed by atoms with van der Waals surface area (Å²) in [6, 6.07) is 16.1. The highest BCUT2D eigenvalue weighted by atomic mass is 16.5. The van der Waals surface area contributed by atoms with Gasteiger partial charge in [-0.15, -0.1) is 0 Å². The molecular weight excluding hydrogens is 406 g/mol. The predicted octanol–water partition coefficient (Wildman–Crippen LogP) is 3.97. The average molecular weight is 431 g/mol. The van der Waals surface area contributed by atoms with Crippen molar-refractivity contribution < 1.29 is 23.9 Å². The first-order valence-electron chi connectivity index (χ1n) is 11.1. The van der Waals surface area contributed by atoms with Gasteiger partial charge >= 0.3 is 5.97 Å². The lowest BCUT2D eigenvalue weighted by Gasteiger charge is -2.35. The number of benzene rings is 2. The lowest BCUT2D eigenvalue weighted by atomic mass is 9.77.